The van der Waals surface area contributed by atoms with Crippen LogP contribution in [0.3, 0.4) is 0 Å². The molecule has 0 radical (unpaired) electrons. The van der Waals surface area contributed by atoms with Gasteiger partial charge in [0.25, 0.3) is 0 Å². The molecule has 0 saturated carbocycles. The van der Waals surface area contributed by atoms with Crippen molar-refractivity contribution in [3.8, 4) is 0 Å². The Labute approximate surface area is 258 Å². The van der Waals surface area contributed by atoms with Crippen molar-refractivity contribution in [3.05, 3.63) is 112 Å². The van der Waals surface area contributed by atoms with Gasteiger partial charge in [0.2, 0.25) is 6.71 Å². The smallest absolute Gasteiger partial charge is 0.242 e. The maximum Gasteiger partial charge on any atom is 0.242 e. The number of allylic oxidation sites excluding steroid dienone is 4. The summed E-state index contributed by atoms with van der Waals surface area (Å²) in [6.07, 6.45) is -6.48. The van der Waals surface area contributed by atoms with Gasteiger partial charge in [0.05, 0.1) is 5.31 Å². The first kappa shape index (κ1) is 37.4. The molecule has 0 saturated heterocycles. The van der Waals surface area contributed by atoms with Gasteiger partial charge in [-0.05, 0) is 18.6 Å². The molecule has 0 amide bonds. The number of nitrogens with zero attached hydrogens (tertiary/aromatic N) is 1. The maximum absolute atomic E-state index is 15.5. The summed E-state index contributed by atoms with van der Waals surface area (Å²) in [5, 5.41) is -4.16. The fraction of sp³-hybridized carbons (Fsp3) is 0.267. The number of alkyl halides is 1. The fourth-order valence-corrected chi connectivity index (χ4v) is 5.11. The molecule has 0 fully saturated rings. The number of rotatable bonds is 7. The number of unbranched alkanes of at least 4 members (excludes halogenated alkanes) is 1. The Morgan fingerprint density at radius 2 is 0.979 bits per heavy atom. The number of anilines is 1. The maximum atomic E-state index is 15.5. The minimum atomic E-state index is -4.16. The number of benzene rings is 3. The van der Waals surface area contributed by atoms with E-state index in [9.17, 15) is 57.1 Å². The molecular formula is C30H21BF15N. The van der Waals surface area contributed by atoms with Crippen molar-refractivity contribution in [1.82, 2.24) is 0 Å². The minimum Gasteiger partial charge on any atom is -0.378 e. The highest BCUT2D eigenvalue weighted by molar-refractivity contribution is 6.88. The Balaban J connectivity index is 0.000000573. The number of halogens is 15. The molecule has 4 rings (SSSR count). The number of para-hydroxylation sites is 1. The van der Waals surface area contributed by atoms with E-state index < -0.39 is 123 Å². The molecule has 2 atom stereocenters. The third-order valence-corrected chi connectivity index (χ3v) is 7.48. The summed E-state index contributed by atoms with van der Waals surface area (Å²) >= 11 is 0. The highest BCUT2D eigenvalue weighted by Crippen LogP contribution is 2.57. The Morgan fingerprint density at radius 1 is 0.596 bits per heavy atom. The first-order valence-corrected chi connectivity index (χ1v) is 13.4. The van der Waals surface area contributed by atoms with E-state index >= 15 is 8.78 Å². The summed E-state index contributed by atoms with van der Waals surface area (Å²) in [6, 6.07) is 10.3. The van der Waals surface area contributed by atoms with Crippen LogP contribution in [0.4, 0.5) is 71.5 Å². The van der Waals surface area contributed by atoms with Crippen molar-refractivity contribution in [2.45, 2.75) is 37.7 Å². The lowest BCUT2D eigenvalue weighted by Crippen LogP contribution is -2.61. The summed E-state index contributed by atoms with van der Waals surface area (Å²) in [7, 11) is 4.07. The molecule has 0 aromatic heterocycles. The molecule has 0 heterocycles. The molecule has 1 aliphatic rings. The monoisotopic (exact) mass is 691 g/mol. The highest BCUT2D eigenvalue weighted by Gasteiger charge is 2.62. The van der Waals surface area contributed by atoms with Gasteiger partial charge in [0, 0.05) is 30.7 Å². The van der Waals surface area contributed by atoms with Gasteiger partial charge in [0.15, 0.2) is 81.8 Å². The highest BCUT2D eigenvalue weighted by atomic mass is 19.2. The average Bonchev–Trinajstić information content (AvgIpc) is 3.06. The summed E-state index contributed by atoms with van der Waals surface area (Å²) < 4.78 is 217. The topological polar surface area (TPSA) is 3.24 Å². The van der Waals surface area contributed by atoms with E-state index in [4.69, 9.17) is 0 Å². The van der Waals surface area contributed by atoms with Gasteiger partial charge in [-0.2, -0.15) is 0 Å². The summed E-state index contributed by atoms with van der Waals surface area (Å²) in [5.41, 5.74) is -3.94. The van der Waals surface area contributed by atoms with Gasteiger partial charge in [-0.15, -0.1) is 0 Å². The van der Waals surface area contributed by atoms with Crippen LogP contribution >= 0.6 is 0 Å². The second-order valence-corrected chi connectivity index (χ2v) is 10.4. The van der Waals surface area contributed by atoms with Gasteiger partial charge in [-0.25, -0.2) is 65.9 Å². The van der Waals surface area contributed by atoms with E-state index in [0.717, 1.165) is 0 Å². The molecule has 47 heavy (non-hydrogen) atoms. The Morgan fingerprint density at radius 3 is 1.32 bits per heavy atom. The van der Waals surface area contributed by atoms with Crippen molar-refractivity contribution < 1.29 is 65.9 Å². The molecule has 0 aliphatic heterocycles. The van der Waals surface area contributed by atoms with Crippen LogP contribution in [0.25, 0.3) is 0 Å². The normalized spacial score (nSPS) is 18.0. The van der Waals surface area contributed by atoms with Crippen LogP contribution in [-0.2, 0) is 0 Å². The third-order valence-electron chi connectivity index (χ3n) is 7.48. The third kappa shape index (κ3) is 6.32. The van der Waals surface area contributed by atoms with E-state index in [1.807, 2.05) is 32.3 Å². The zero-order valence-electron chi connectivity index (χ0n) is 24.3. The molecule has 3 aromatic carbocycles. The zero-order valence-corrected chi connectivity index (χ0v) is 24.3. The van der Waals surface area contributed by atoms with Crippen LogP contribution in [-0.4, -0.2) is 27.0 Å². The Kier molecular flexibility index (Phi) is 11.4. The van der Waals surface area contributed by atoms with E-state index in [1.165, 1.54) is 12.6 Å². The largest absolute Gasteiger partial charge is 0.378 e. The second-order valence-electron chi connectivity index (χ2n) is 10.4. The Bertz CT molecular complexity index is 1600. The van der Waals surface area contributed by atoms with Gasteiger partial charge >= 0.3 is 0 Å². The molecular weight excluding hydrogens is 670 g/mol. The van der Waals surface area contributed by atoms with Crippen LogP contribution in [0.1, 0.15) is 26.2 Å². The van der Waals surface area contributed by atoms with Gasteiger partial charge in [-0.1, -0.05) is 38.0 Å². The summed E-state index contributed by atoms with van der Waals surface area (Å²) in [6.45, 7) is -2.65. The zero-order chi connectivity index (χ0) is 35.7. The van der Waals surface area contributed by atoms with Crippen LogP contribution in [0.15, 0.2) is 53.6 Å². The quantitative estimate of drug-likeness (QED) is 0.104. The van der Waals surface area contributed by atoms with Crippen LogP contribution < -0.4 is 15.8 Å². The molecule has 17 heteroatoms. The summed E-state index contributed by atoms with van der Waals surface area (Å²) in [5.74, 6) is -41.3. The average molecular weight is 691 g/mol. The molecule has 1 nitrogen and oxygen atoms in total. The van der Waals surface area contributed by atoms with Gasteiger partial charge in [-0.3, -0.25) is 0 Å². The number of hydrogen-bond donors (Lipinski definition) is 0. The van der Waals surface area contributed by atoms with Crippen LogP contribution in [0.5, 0.6) is 0 Å². The standard InChI is InChI=1S/C22H10BF15.C8H11N/c1-2-3-4-22(20(37)18(35)17(34)19(36)21(22)38)23(5-7(24)11(28)15(32)12(29)8(5)25)6-9(26)13(30)16(33)14(31)10(6)27;1-9(2)8-6-4-3-5-7-8/h20H,2-4H2,1H3;3-7H,1-2H3. The fourth-order valence-electron chi connectivity index (χ4n) is 5.11. The van der Waals surface area contributed by atoms with Crippen LogP contribution in [0, 0.1) is 58.2 Å². The minimum absolute atomic E-state index is 0.238. The summed E-state index contributed by atoms with van der Waals surface area (Å²) in [4.78, 5) is 2.08. The lowest BCUT2D eigenvalue weighted by atomic mass is 9.24. The number of hydrogen-bond acceptors (Lipinski definition) is 1. The molecule has 0 spiro atoms. The second kappa shape index (κ2) is 14.4. The SMILES string of the molecule is CCCCC1(B(c2c(F)c(F)c(F)c(F)c2F)c2c(F)c(F)c(F)c(F)c2F)C(F)=C(F)C(F)=C(F)C1F.CN(C)c1ccccc1. The van der Waals surface area contributed by atoms with E-state index in [2.05, 4.69) is 17.0 Å². The van der Waals surface area contributed by atoms with Crippen LogP contribution in [0.2, 0.25) is 5.31 Å². The van der Waals surface area contributed by atoms with E-state index in [-0.39, 0.29) is 6.42 Å². The predicted molar refractivity (Wildman–Crippen MR) is 144 cm³/mol. The molecule has 2 unspecified atom stereocenters. The molecule has 1 aliphatic carbocycles. The van der Waals surface area contributed by atoms with Gasteiger partial charge < -0.3 is 4.90 Å². The molecule has 3 aromatic rings. The van der Waals surface area contributed by atoms with Crippen molar-refractivity contribution in [3.63, 3.8) is 0 Å². The Hall–Kier alpha value is -4.05. The lowest BCUT2D eigenvalue weighted by molar-refractivity contribution is 0.203. The molecule has 0 bridgehead atoms. The van der Waals surface area contributed by atoms with Crippen molar-refractivity contribution in [2.75, 3.05) is 19.0 Å². The molecule has 254 valence electrons. The van der Waals surface area contributed by atoms with Crippen molar-refractivity contribution in [2.24, 2.45) is 0 Å². The van der Waals surface area contributed by atoms with Crippen molar-refractivity contribution >= 4 is 23.3 Å². The van der Waals surface area contributed by atoms with E-state index in [0.29, 0.717) is 0 Å². The van der Waals surface area contributed by atoms with Gasteiger partial charge in [0.1, 0.15) is 5.83 Å². The first-order valence-electron chi connectivity index (χ1n) is 13.4. The predicted octanol–water partition coefficient (Wildman–Crippen LogP) is 9.02. The lowest BCUT2D eigenvalue weighted by Gasteiger charge is -2.42. The first-order chi connectivity index (χ1) is 21.9. The van der Waals surface area contributed by atoms with E-state index in [1.54, 1.807) is 0 Å². The van der Waals surface area contributed by atoms with Crippen molar-refractivity contribution in [1.29, 1.82) is 0 Å². The molecule has 0 N–H and O–H groups in total.